The monoisotopic (exact) mass is 502 g/mol. The molecule has 0 radical (unpaired) electrons. The Hall–Kier alpha value is -2.86. The SMILES string of the molecule is Cc1c(OCCCNCCc2ccccc2)cccc1-c1cccc(OCCCN2CCC(O)C2)c1C. The van der Waals surface area contributed by atoms with Crippen LogP contribution in [0.15, 0.2) is 66.7 Å². The highest BCUT2D eigenvalue weighted by molar-refractivity contribution is 5.74. The van der Waals surface area contributed by atoms with Crippen LogP contribution in [-0.2, 0) is 6.42 Å². The van der Waals surface area contributed by atoms with Crippen LogP contribution in [0, 0.1) is 13.8 Å². The molecule has 1 saturated heterocycles. The minimum atomic E-state index is -0.163. The molecule has 0 bridgehead atoms. The predicted molar refractivity (Wildman–Crippen MR) is 152 cm³/mol. The topological polar surface area (TPSA) is 54.0 Å². The first-order valence-corrected chi connectivity index (χ1v) is 13.7. The minimum Gasteiger partial charge on any atom is -0.493 e. The summed E-state index contributed by atoms with van der Waals surface area (Å²) in [5, 5.41) is 13.2. The number of nitrogens with zero attached hydrogens (tertiary/aromatic N) is 1. The molecule has 0 spiro atoms. The zero-order valence-corrected chi connectivity index (χ0v) is 22.4. The Balaban J connectivity index is 1.24. The molecule has 1 aliphatic rings. The molecular formula is C32H42N2O3. The van der Waals surface area contributed by atoms with E-state index < -0.39 is 0 Å². The van der Waals surface area contributed by atoms with E-state index in [4.69, 9.17) is 9.47 Å². The molecule has 0 aliphatic carbocycles. The van der Waals surface area contributed by atoms with E-state index in [0.717, 1.165) is 81.0 Å². The third kappa shape index (κ3) is 8.06. The first-order valence-electron chi connectivity index (χ1n) is 13.7. The van der Waals surface area contributed by atoms with Crippen molar-refractivity contribution in [2.75, 3.05) is 45.9 Å². The largest absolute Gasteiger partial charge is 0.493 e. The summed E-state index contributed by atoms with van der Waals surface area (Å²) in [4.78, 5) is 2.31. The maximum Gasteiger partial charge on any atom is 0.122 e. The molecule has 198 valence electrons. The average molecular weight is 503 g/mol. The number of β-amino-alcohol motifs (C(OH)–C–C–N with tert-alkyl or cyclic N) is 1. The van der Waals surface area contributed by atoms with Crippen molar-refractivity contribution in [3.8, 4) is 22.6 Å². The molecule has 4 rings (SSSR count). The number of rotatable bonds is 14. The lowest BCUT2D eigenvalue weighted by atomic mass is 9.95. The van der Waals surface area contributed by atoms with E-state index in [9.17, 15) is 5.11 Å². The summed E-state index contributed by atoms with van der Waals surface area (Å²) in [6.45, 7) is 10.3. The van der Waals surface area contributed by atoms with Crippen molar-refractivity contribution in [2.24, 2.45) is 0 Å². The van der Waals surface area contributed by atoms with Gasteiger partial charge < -0.3 is 24.8 Å². The zero-order chi connectivity index (χ0) is 25.9. The van der Waals surface area contributed by atoms with Crippen molar-refractivity contribution in [3.63, 3.8) is 0 Å². The molecule has 0 amide bonds. The standard InChI is InChI=1S/C32H42N2O3/c1-25-29(12-6-14-31(25)36-22-8-18-33-19-16-27-10-4-3-5-11-27)30-13-7-15-32(26(30)2)37-23-9-20-34-21-17-28(35)24-34/h3-7,10-15,28,33,35H,8-9,16-24H2,1-2H3. The molecule has 5 heteroatoms. The van der Waals surface area contributed by atoms with Crippen molar-refractivity contribution in [3.05, 3.63) is 83.4 Å². The van der Waals surface area contributed by atoms with Gasteiger partial charge in [0, 0.05) is 19.6 Å². The predicted octanol–water partition coefficient (Wildman–Crippen LogP) is 5.41. The van der Waals surface area contributed by atoms with Crippen LogP contribution in [0.1, 0.15) is 36.0 Å². The fourth-order valence-corrected chi connectivity index (χ4v) is 4.99. The molecule has 0 saturated carbocycles. The lowest BCUT2D eigenvalue weighted by Gasteiger charge is -2.18. The van der Waals surface area contributed by atoms with Crippen molar-refractivity contribution in [1.29, 1.82) is 0 Å². The first-order chi connectivity index (χ1) is 18.1. The molecule has 1 heterocycles. The Morgan fingerprint density at radius 2 is 1.46 bits per heavy atom. The van der Waals surface area contributed by atoms with Gasteiger partial charge >= 0.3 is 0 Å². The highest BCUT2D eigenvalue weighted by Gasteiger charge is 2.19. The zero-order valence-electron chi connectivity index (χ0n) is 22.4. The maximum atomic E-state index is 9.69. The van der Waals surface area contributed by atoms with Gasteiger partial charge in [0.15, 0.2) is 0 Å². The molecule has 2 N–H and O–H groups in total. The van der Waals surface area contributed by atoms with Crippen LogP contribution < -0.4 is 14.8 Å². The van der Waals surface area contributed by atoms with Crippen molar-refractivity contribution in [1.82, 2.24) is 10.2 Å². The van der Waals surface area contributed by atoms with Crippen LogP contribution in [0.4, 0.5) is 0 Å². The van der Waals surface area contributed by atoms with Gasteiger partial charge in [-0.2, -0.15) is 0 Å². The van der Waals surface area contributed by atoms with Crippen LogP contribution in [0.2, 0.25) is 0 Å². The molecule has 1 fully saturated rings. The van der Waals surface area contributed by atoms with E-state index >= 15 is 0 Å². The van der Waals surface area contributed by atoms with Gasteiger partial charge in [0.05, 0.1) is 19.3 Å². The maximum absolute atomic E-state index is 9.69. The van der Waals surface area contributed by atoms with Gasteiger partial charge in [0.25, 0.3) is 0 Å². The summed E-state index contributed by atoms with van der Waals surface area (Å²) >= 11 is 0. The Bertz CT molecular complexity index is 1100. The Morgan fingerprint density at radius 1 is 0.811 bits per heavy atom. The van der Waals surface area contributed by atoms with Crippen LogP contribution in [0.5, 0.6) is 11.5 Å². The number of nitrogens with one attached hydrogen (secondary N) is 1. The van der Waals surface area contributed by atoms with Crippen LogP contribution in [0.3, 0.4) is 0 Å². The first kappa shape index (κ1) is 27.2. The second-order valence-electron chi connectivity index (χ2n) is 9.99. The van der Waals surface area contributed by atoms with E-state index in [1.165, 1.54) is 16.7 Å². The number of aliphatic hydroxyl groups is 1. The summed E-state index contributed by atoms with van der Waals surface area (Å²) < 4.78 is 12.3. The lowest BCUT2D eigenvalue weighted by Crippen LogP contribution is -2.24. The average Bonchev–Trinajstić information content (AvgIpc) is 3.33. The normalized spacial score (nSPS) is 15.7. The van der Waals surface area contributed by atoms with Crippen molar-refractivity contribution in [2.45, 2.75) is 45.6 Å². The number of ether oxygens (including phenoxy) is 2. The molecule has 1 aliphatic heterocycles. The summed E-state index contributed by atoms with van der Waals surface area (Å²) in [7, 11) is 0. The van der Waals surface area contributed by atoms with Gasteiger partial charge in [-0.1, -0.05) is 54.6 Å². The summed E-state index contributed by atoms with van der Waals surface area (Å²) in [5.41, 5.74) is 6.05. The summed E-state index contributed by atoms with van der Waals surface area (Å²) in [6.07, 6.45) is 3.70. The third-order valence-electron chi connectivity index (χ3n) is 7.17. The fraction of sp³-hybridized carbons (Fsp3) is 0.438. The van der Waals surface area contributed by atoms with Gasteiger partial charge in [0.2, 0.25) is 0 Å². The molecule has 1 atom stereocenters. The summed E-state index contributed by atoms with van der Waals surface area (Å²) in [5.74, 6) is 1.88. The van der Waals surface area contributed by atoms with Gasteiger partial charge in [0.1, 0.15) is 11.5 Å². The fourth-order valence-electron chi connectivity index (χ4n) is 4.99. The number of hydrogen-bond acceptors (Lipinski definition) is 5. The second kappa shape index (κ2) is 14.2. The van der Waals surface area contributed by atoms with Crippen molar-refractivity contribution >= 4 is 0 Å². The van der Waals surface area contributed by atoms with E-state index in [2.05, 4.69) is 90.8 Å². The smallest absolute Gasteiger partial charge is 0.122 e. The highest BCUT2D eigenvalue weighted by atomic mass is 16.5. The number of aliphatic hydroxyl groups excluding tert-OH is 1. The Labute approximate surface area is 222 Å². The van der Waals surface area contributed by atoms with Gasteiger partial charge in [-0.25, -0.2) is 0 Å². The number of hydrogen-bond donors (Lipinski definition) is 2. The molecule has 5 nitrogen and oxygen atoms in total. The Kier molecular flexibility index (Phi) is 10.4. The van der Waals surface area contributed by atoms with Crippen molar-refractivity contribution < 1.29 is 14.6 Å². The lowest BCUT2D eigenvalue weighted by molar-refractivity contribution is 0.173. The Morgan fingerprint density at radius 3 is 2.08 bits per heavy atom. The quantitative estimate of drug-likeness (QED) is 0.289. The van der Waals surface area contributed by atoms with E-state index in [1.807, 2.05) is 0 Å². The number of benzene rings is 3. The third-order valence-corrected chi connectivity index (χ3v) is 7.17. The highest BCUT2D eigenvalue weighted by Crippen LogP contribution is 2.35. The number of likely N-dealkylation sites (tertiary alicyclic amines) is 1. The molecule has 3 aromatic rings. The molecule has 1 unspecified atom stereocenters. The molecule has 3 aromatic carbocycles. The molecule has 37 heavy (non-hydrogen) atoms. The van der Waals surface area contributed by atoms with E-state index in [-0.39, 0.29) is 6.10 Å². The van der Waals surface area contributed by atoms with Gasteiger partial charge in [-0.05, 0) is 92.6 Å². The van der Waals surface area contributed by atoms with Crippen LogP contribution in [-0.4, -0.2) is 62.0 Å². The minimum absolute atomic E-state index is 0.163. The van der Waals surface area contributed by atoms with Crippen LogP contribution >= 0.6 is 0 Å². The second-order valence-corrected chi connectivity index (χ2v) is 9.99. The molecular weight excluding hydrogens is 460 g/mol. The van der Waals surface area contributed by atoms with Crippen LogP contribution in [0.25, 0.3) is 11.1 Å². The van der Waals surface area contributed by atoms with E-state index in [1.54, 1.807) is 0 Å². The van der Waals surface area contributed by atoms with Gasteiger partial charge in [-0.15, -0.1) is 0 Å². The van der Waals surface area contributed by atoms with Gasteiger partial charge in [-0.3, -0.25) is 0 Å². The molecule has 0 aromatic heterocycles. The summed E-state index contributed by atoms with van der Waals surface area (Å²) in [6, 6.07) is 23.2. The van der Waals surface area contributed by atoms with E-state index in [0.29, 0.717) is 13.2 Å².